The lowest BCUT2D eigenvalue weighted by Gasteiger charge is -2.13. The maximum atomic E-state index is 5.12. The predicted octanol–water partition coefficient (Wildman–Crippen LogP) is 3.45. The van der Waals surface area contributed by atoms with E-state index in [0.29, 0.717) is 0 Å². The van der Waals surface area contributed by atoms with Crippen LogP contribution in [0.3, 0.4) is 0 Å². The van der Waals surface area contributed by atoms with Crippen molar-refractivity contribution in [3.63, 3.8) is 0 Å². The molecule has 0 fully saturated rings. The van der Waals surface area contributed by atoms with Gasteiger partial charge in [-0.2, -0.15) is 5.10 Å². The molecule has 0 aliphatic carbocycles. The summed E-state index contributed by atoms with van der Waals surface area (Å²) >= 11 is 1.76. The zero-order chi connectivity index (χ0) is 14.5. The first kappa shape index (κ1) is 13.7. The molecule has 0 bridgehead atoms. The Morgan fingerprint density at radius 3 is 2.81 bits per heavy atom. The number of nitrogens with one attached hydrogen (secondary N) is 1. The molecule has 4 nitrogen and oxygen atoms in total. The number of benzene rings is 2. The van der Waals surface area contributed by atoms with Gasteiger partial charge in [-0.15, -0.1) is 11.8 Å². The second kappa shape index (κ2) is 6.45. The minimum atomic E-state index is 0.803. The molecule has 0 unspecified atom stereocenters. The Kier molecular flexibility index (Phi) is 4.21. The molecule has 0 saturated carbocycles. The van der Waals surface area contributed by atoms with Crippen LogP contribution < -0.4 is 10.2 Å². The van der Waals surface area contributed by atoms with Crippen LogP contribution >= 0.6 is 11.8 Å². The van der Waals surface area contributed by atoms with Crippen molar-refractivity contribution < 1.29 is 4.74 Å². The summed E-state index contributed by atoms with van der Waals surface area (Å²) in [7, 11) is 1.65. The number of rotatable bonds is 3. The van der Waals surface area contributed by atoms with E-state index in [2.05, 4.69) is 21.6 Å². The van der Waals surface area contributed by atoms with Crippen molar-refractivity contribution in [3.8, 4) is 5.75 Å². The number of methoxy groups -OCH3 is 1. The highest BCUT2D eigenvalue weighted by Crippen LogP contribution is 2.32. The maximum absolute atomic E-state index is 5.12. The van der Waals surface area contributed by atoms with E-state index in [4.69, 9.17) is 4.74 Å². The Bertz CT molecular complexity index is 680. The van der Waals surface area contributed by atoms with E-state index in [1.807, 2.05) is 42.5 Å². The maximum Gasteiger partial charge on any atom is 0.133 e. The number of para-hydroxylation sites is 1. The van der Waals surface area contributed by atoms with Crippen LogP contribution in [0.4, 0.5) is 5.69 Å². The molecule has 2 aromatic carbocycles. The summed E-state index contributed by atoms with van der Waals surface area (Å²) in [5.74, 6) is 2.50. The fraction of sp³-hybridized carbons (Fsp3) is 0.125. The highest BCUT2D eigenvalue weighted by atomic mass is 32.2. The molecule has 0 radical (unpaired) electrons. The fourth-order valence-corrected chi connectivity index (χ4v) is 2.78. The Morgan fingerprint density at radius 2 is 2.00 bits per heavy atom. The number of hydrogen-bond donors (Lipinski definition) is 1. The lowest BCUT2D eigenvalue weighted by atomic mass is 10.2. The first-order valence-corrected chi connectivity index (χ1v) is 7.56. The van der Waals surface area contributed by atoms with Gasteiger partial charge in [0.25, 0.3) is 0 Å². The lowest BCUT2D eigenvalue weighted by Crippen LogP contribution is -2.21. The van der Waals surface area contributed by atoms with Gasteiger partial charge in [0.2, 0.25) is 0 Å². The molecule has 1 aliphatic rings. The van der Waals surface area contributed by atoms with Crippen molar-refractivity contribution >= 4 is 29.5 Å². The Hall–Kier alpha value is -2.27. The first-order valence-electron chi connectivity index (χ1n) is 6.58. The molecule has 1 heterocycles. The average molecular weight is 297 g/mol. The van der Waals surface area contributed by atoms with Crippen LogP contribution in [-0.2, 0) is 0 Å². The van der Waals surface area contributed by atoms with E-state index in [0.717, 1.165) is 28.6 Å². The van der Waals surface area contributed by atoms with Gasteiger partial charge in [0.1, 0.15) is 11.6 Å². The van der Waals surface area contributed by atoms with Crippen molar-refractivity contribution in [3.05, 3.63) is 54.1 Å². The second-order valence-corrected chi connectivity index (χ2v) is 5.48. The molecule has 5 heteroatoms. The van der Waals surface area contributed by atoms with Gasteiger partial charge in [0, 0.05) is 4.90 Å². The number of ether oxygens (including phenoxy) is 1. The van der Waals surface area contributed by atoms with E-state index in [1.165, 1.54) is 4.90 Å². The van der Waals surface area contributed by atoms with Crippen molar-refractivity contribution in [2.45, 2.75) is 4.90 Å². The van der Waals surface area contributed by atoms with E-state index >= 15 is 0 Å². The van der Waals surface area contributed by atoms with Crippen LogP contribution in [0.1, 0.15) is 5.56 Å². The standard InChI is InChI=1S/C16H15N3OS/c1-20-13-8-6-12(7-9-13)10-17-19-16-11-21-15-5-3-2-4-14(15)18-16/h2-10H,11H2,1H3,(H,18,19)/b17-10-. The molecule has 0 atom stereocenters. The van der Waals surface area contributed by atoms with Crippen LogP contribution in [0, 0.1) is 0 Å². The number of thioether (sulfide) groups is 1. The smallest absolute Gasteiger partial charge is 0.133 e. The van der Waals surface area contributed by atoms with Gasteiger partial charge in [-0.3, -0.25) is 5.43 Å². The van der Waals surface area contributed by atoms with Gasteiger partial charge in [-0.1, -0.05) is 12.1 Å². The molecule has 3 rings (SSSR count). The minimum Gasteiger partial charge on any atom is -0.497 e. The quantitative estimate of drug-likeness (QED) is 0.697. The third-order valence-electron chi connectivity index (χ3n) is 3.01. The Balaban J connectivity index is 1.65. The third-order valence-corrected chi connectivity index (χ3v) is 4.08. The third kappa shape index (κ3) is 3.44. The fourth-order valence-electron chi connectivity index (χ4n) is 1.92. The van der Waals surface area contributed by atoms with Gasteiger partial charge in [0.15, 0.2) is 0 Å². The summed E-state index contributed by atoms with van der Waals surface area (Å²) in [6.45, 7) is 0. The molecule has 106 valence electrons. The zero-order valence-corrected chi connectivity index (χ0v) is 12.4. The molecule has 0 spiro atoms. The molecule has 1 aliphatic heterocycles. The zero-order valence-electron chi connectivity index (χ0n) is 11.6. The van der Waals surface area contributed by atoms with Crippen LogP contribution in [0.25, 0.3) is 0 Å². The van der Waals surface area contributed by atoms with Gasteiger partial charge < -0.3 is 4.74 Å². The number of hydrogen-bond acceptors (Lipinski definition) is 5. The first-order chi connectivity index (χ1) is 10.3. The van der Waals surface area contributed by atoms with Crippen molar-refractivity contribution in [1.82, 2.24) is 5.43 Å². The Morgan fingerprint density at radius 1 is 1.19 bits per heavy atom. The second-order valence-electron chi connectivity index (χ2n) is 4.46. The molecular weight excluding hydrogens is 282 g/mol. The summed E-state index contributed by atoms with van der Waals surface area (Å²) < 4.78 is 5.12. The van der Waals surface area contributed by atoms with Crippen molar-refractivity contribution in [2.75, 3.05) is 12.9 Å². The summed E-state index contributed by atoms with van der Waals surface area (Å²) in [6, 6.07) is 15.8. The van der Waals surface area contributed by atoms with E-state index in [-0.39, 0.29) is 0 Å². The largest absolute Gasteiger partial charge is 0.497 e. The summed E-state index contributed by atoms with van der Waals surface area (Å²) in [5, 5.41) is 4.23. The lowest BCUT2D eigenvalue weighted by molar-refractivity contribution is 0.415. The summed E-state index contributed by atoms with van der Waals surface area (Å²) in [6.07, 6.45) is 1.77. The number of nitrogens with zero attached hydrogens (tertiary/aromatic N) is 2. The Labute approximate surface area is 127 Å². The number of fused-ring (bicyclic) bond motifs is 1. The van der Waals surface area contributed by atoms with Crippen LogP contribution in [0.15, 0.2) is 63.5 Å². The minimum absolute atomic E-state index is 0.803. The molecule has 1 N–H and O–H groups in total. The molecule has 0 aromatic heterocycles. The van der Waals surface area contributed by atoms with Crippen LogP contribution in [0.2, 0.25) is 0 Å². The highest BCUT2D eigenvalue weighted by Gasteiger charge is 2.10. The average Bonchev–Trinajstić information content (AvgIpc) is 2.55. The topological polar surface area (TPSA) is 46.0 Å². The summed E-state index contributed by atoms with van der Waals surface area (Å²) in [4.78, 5) is 5.77. The molecule has 0 amide bonds. The van der Waals surface area contributed by atoms with Crippen LogP contribution in [-0.4, -0.2) is 24.9 Å². The number of aliphatic imine (C=N–C) groups is 1. The number of amidine groups is 1. The summed E-state index contributed by atoms with van der Waals surface area (Å²) in [5.41, 5.74) is 5.01. The van der Waals surface area contributed by atoms with Crippen molar-refractivity contribution in [1.29, 1.82) is 0 Å². The van der Waals surface area contributed by atoms with Gasteiger partial charge in [-0.25, -0.2) is 4.99 Å². The van der Waals surface area contributed by atoms with E-state index in [1.54, 1.807) is 25.1 Å². The number of hydrazone groups is 1. The van der Waals surface area contributed by atoms with Gasteiger partial charge >= 0.3 is 0 Å². The van der Waals surface area contributed by atoms with Gasteiger partial charge in [0.05, 0.1) is 24.8 Å². The highest BCUT2D eigenvalue weighted by molar-refractivity contribution is 8.00. The molecule has 21 heavy (non-hydrogen) atoms. The van der Waals surface area contributed by atoms with Crippen LogP contribution in [0.5, 0.6) is 5.75 Å². The predicted molar refractivity (Wildman–Crippen MR) is 88.0 cm³/mol. The van der Waals surface area contributed by atoms with E-state index < -0.39 is 0 Å². The normalized spacial score (nSPS) is 13.7. The van der Waals surface area contributed by atoms with E-state index in [9.17, 15) is 0 Å². The SMILES string of the molecule is COc1ccc(/C=N\NC2=Nc3ccccc3SC2)cc1. The van der Waals surface area contributed by atoms with Gasteiger partial charge in [-0.05, 0) is 42.0 Å². The monoisotopic (exact) mass is 297 g/mol. The molecule has 2 aromatic rings. The van der Waals surface area contributed by atoms with Crippen molar-refractivity contribution in [2.24, 2.45) is 10.1 Å². The molecule has 0 saturated heterocycles. The molecular formula is C16H15N3OS.